The van der Waals surface area contributed by atoms with Gasteiger partial charge in [-0.3, -0.25) is 0 Å². The average molecular weight is 829 g/mol. The fourth-order valence-corrected chi connectivity index (χ4v) is 11.6. The Morgan fingerprint density at radius 2 is 1.00 bits per heavy atom. The Labute approximate surface area is 254 Å². The molecule has 2 aliphatic carbocycles. The first kappa shape index (κ1) is 36.2. The summed E-state index contributed by atoms with van der Waals surface area (Å²) in [4.78, 5) is 0. The summed E-state index contributed by atoms with van der Waals surface area (Å²) in [6, 6.07) is 20.6. The molecule has 15 heteroatoms. The number of halogens is 6. The second kappa shape index (κ2) is 15.2. The van der Waals surface area contributed by atoms with Gasteiger partial charge in [-0.05, 0) is 63.0 Å². The molecule has 0 spiro atoms. The van der Waals surface area contributed by atoms with Crippen LogP contribution in [0.1, 0.15) is 64.2 Å². The standard InChI is InChI=1S/C24H31P.C2F6NO4S2.Au/c1-4-12-20(13-5-1)23-18-10-11-19-24(23)25(21-14-6-2-7-15-21)22-16-8-3-9-17-22;3-1(4,5)14(10,11)9-15(12,13)2(6,7)8;/h1,4-5,10-13,18-19,21-22H,2-3,6-9,14-17H2;;/q;-1;/p+1. The van der Waals surface area contributed by atoms with Crippen molar-refractivity contribution in [3.63, 3.8) is 0 Å². The van der Waals surface area contributed by atoms with E-state index in [1.807, 2.05) is 0 Å². The summed E-state index contributed by atoms with van der Waals surface area (Å²) < 4.78 is 109. The van der Waals surface area contributed by atoms with Crippen LogP contribution in [-0.4, -0.2) is 39.2 Å². The fourth-order valence-electron chi connectivity index (χ4n) is 5.42. The molecule has 4 rings (SSSR count). The van der Waals surface area contributed by atoms with Crippen LogP contribution in [0.25, 0.3) is 15.3 Å². The summed E-state index contributed by atoms with van der Waals surface area (Å²) in [5, 5.41) is 1.75. The maximum atomic E-state index is 11.4. The van der Waals surface area contributed by atoms with Crippen LogP contribution in [0.3, 0.4) is 0 Å². The SMILES string of the molecule is O=S(=O)([N-]S(=O)(=O)C(F)(F)F)C(F)(F)F.[Au].c1ccc(-c2ccccc2[PH+](C2CCCCC2)C2CCCCC2)cc1. The predicted molar refractivity (Wildman–Crippen MR) is 147 cm³/mol. The summed E-state index contributed by atoms with van der Waals surface area (Å²) in [5.41, 5.74) is -7.44. The topological polar surface area (TPSA) is 82.4 Å². The van der Waals surface area contributed by atoms with Gasteiger partial charge in [-0.2, -0.15) is 26.3 Å². The van der Waals surface area contributed by atoms with Crippen molar-refractivity contribution in [3.8, 4) is 11.1 Å². The van der Waals surface area contributed by atoms with E-state index in [2.05, 4.69) is 54.6 Å². The van der Waals surface area contributed by atoms with Crippen molar-refractivity contribution in [3.05, 3.63) is 58.7 Å². The molecule has 0 aromatic heterocycles. The van der Waals surface area contributed by atoms with E-state index in [0.29, 0.717) is 0 Å². The molecule has 2 saturated carbocycles. The fraction of sp³-hybridized carbons (Fsp3) is 0.538. The summed E-state index contributed by atoms with van der Waals surface area (Å²) in [7, 11) is -13.9. The number of hydrogen-bond donors (Lipinski definition) is 0. The molecule has 2 fully saturated rings. The second-order valence-electron chi connectivity index (χ2n) is 9.95. The first-order valence-electron chi connectivity index (χ1n) is 13.0. The molecule has 0 N–H and O–H groups in total. The summed E-state index contributed by atoms with van der Waals surface area (Å²) >= 11 is 0. The van der Waals surface area contributed by atoms with E-state index in [0.717, 1.165) is 15.4 Å². The smallest absolute Gasteiger partial charge is 0.421 e. The Hall–Kier alpha value is -0.950. The third kappa shape index (κ3) is 9.78. The van der Waals surface area contributed by atoms with Gasteiger partial charge in [-0.1, -0.05) is 61.4 Å². The van der Waals surface area contributed by atoms with Crippen molar-refractivity contribution >= 4 is 33.3 Å². The van der Waals surface area contributed by atoms with E-state index in [4.69, 9.17) is 0 Å². The van der Waals surface area contributed by atoms with Gasteiger partial charge in [0.05, 0.1) is 16.6 Å². The van der Waals surface area contributed by atoms with Crippen molar-refractivity contribution in [2.45, 2.75) is 86.5 Å². The molecule has 0 saturated heterocycles. The van der Waals surface area contributed by atoms with E-state index in [1.165, 1.54) is 75.3 Å². The first-order valence-corrected chi connectivity index (χ1v) is 17.6. The van der Waals surface area contributed by atoms with Crippen LogP contribution in [-0.2, 0) is 42.4 Å². The van der Waals surface area contributed by atoms with Gasteiger partial charge in [0.2, 0.25) is 0 Å². The van der Waals surface area contributed by atoms with Gasteiger partial charge >= 0.3 is 11.0 Å². The van der Waals surface area contributed by atoms with E-state index in [9.17, 15) is 43.2 Å². The maximum absolute atomic E-state index is 11.4. The molecule has 2 aliphatic rings. The van der Waals surface area contributed by atoms with Crippen LogP contribution in [0.15, 0.2) is 54.6 Å². The van der Waals surface area contributed by atoms with Gasteiger partial charge < -0.3 is 4.13 Å². The molecular formula is C26H32AuF6NO4PS2. The predicted octanol–water partition coefficient (Wildman–Crippen LogP) is 7.92. The van der Waals surface area contributed by atoms with Crippen molar-refractivity contribution < 1.29 is 65.6 Å². The average Bonchev–Trinajstić information content (AvgIpc) is 2.89. The normalized spacial score (nSPS) is 17.8. The Kier molecular flexibility index (Phi) is 13.4. The van der Waals surface area contributed by atoms with Gasteiger partial charge in [0.15, 0.2) is 20.0 Å². The van der Waals surface area contributed by atoms with E-state index >= 15 is 0 Å². The zero-order valence-corrected chi connectivity index (χ0v) is 26.7. The van der Waals surface area contributed by atoms with Crippen LogP contribution in [0.4, 0.5) is 26.3 Å². The molecule has 235 valence electrons. The van der Waals surface area contributed by atoms with Crippen LogP contribution in [0.5, 0.6) is 0 Å². The minimum Gasteiger partial charge on any atom is -0.421 e. The number of benzene rings is 2. The third-order valence-corrected chi connectivity index (χ3v) is 13.9. The molecule has 2 aromatic carbocycles. The molecule has 1 radical (unpaired) electrons. The molecule has 41 heavy (non-hydrogen) atoms. The molecule has 2 aromatic rings. The van der Waals surface area contributed by atoms with Crippen molar-refractivity contribution in [1.82, 2.24) is 0 Å². The number of alkyl halides is 6. The van der Waals surface area contributed by atoms with Crippen molar-refractivity contribution in [1.29, 1.82) is 0 Å². The molecular weight excluding hydrogens is 796 g/mol. The van der Waals surface area contributed by atoms with Crippen LogP contribution >= 0.6 is 7.92 Å². The van der Waals surface area contributed by atoms with Crippen molar-refractivity contribution in [2.75, 3.05) is 0 Å². The van der Waals surface area contributed by atoms with Crippen molar-refractivity contribution in [2.24, 2.45) is 0 Å². The summed E-state index contributed by atoms with van der Waals surface area (Å²) in [5.74, 6) is 0. The minimum absolute atomic E-state index is 0. The Morgan fingerprint density at radius 3 is 1.41 bits per heavy atom. The van der Waals surface area contributed by atoms with E-state index in [-0.39, 0.29) is 22.4 Å². The Balaban J connectivity index is 0.000000320. The molecule has 0 atom stereocenters. The van der Waals surface area contributed by atoms with Gasteiger partial charge in [-0.15, -0.1) is 0 Å². The maximum Gasteiger partial charge on any atom is 0.480 e. The molecule has 0 aliphatic heterocycles. The second-order valence-corrected chi connectivity index (χ2v) is 16.5. The van der Waals surface area contributed by atoms with E-state index in [1.54, 1.807) is 5.30 Å². The molecule has 0 unspecified atom stereocenters. The molecule has 5 nitrogen and oxygen atoms in total. The van der Waals surface area contributed by atoms with Gasteiger partial charge in [0.1, 0.15) is 0 Å². The zero-order valence-electron chi connectivity index (χ0n) is 21.9. The number of nitrogens with zero attached hydrogens (tertiary/aromatic N) is 1. The summed E-state index contributed by atoms with van der Waals surface area (Å²) in [6.45, 7) is 0. The van der Waals surface area contributed by atoms with Gasteiger partial charge in [-0.25, -0.2) is 16.8 Å². The third-order valence-electron chi connectivity index (χ3n) is 7.19. The Bertz CT molecular complexity index is 1250. The number of sulfonamides is 2. The van der Waals surface area contributed by atoms with Crippen LogP contribution in [0.2, 0.25) is 0 Å². The summed E-state index contributed by atoms with van der Waals surface area (Å²) in [6.07, 6.45) is 14.8. The van der Waals surface area contributed by atoms with Gasteiger partial charge in [0, 0.05) is 35.9 Å². The zero-order chi connectivity index (χ0) is 29.6. The largest absolute Gasteiger partial charge is 0.480 e. The quantitative estimate of drug-likeness (QED) is 0.169. The molecule has 0 heterocycles. The van der Waals surface area contributed by atoms with Crippen LogP contribution in [0, 0.1) is 0 Å². The monoisotopic (exact) mass is 828 g/mol. The number of rotatable bonds is 6. The minimum atomic E-state index is -6.72. The van der Waals surface area contributed by atoms with E-state index < -0.39 is 39.0 Å². The molecule has 0 amide bonds. The number of hydrogen-bond acceptors (Lipinski definition) is 4. The molecule has 0 bridgehead atoms. The first-order chi connectivity index (χ1) is 18.6. The van der Waals surface area contributed by atoms with Gasteiger partial charge in [0.25, 0.3) is 0 Å². The Morgan fingerprint density at radius 1 is 0.610 bits per heavy atom. The van der Waals surface area contributed by atoms with Crippen LogP contribution < -0.4 is 5.30 Å².